The molecule has 0 saturated carbocycles. The minimum absolute atomic E-state index is 0.00271. The molecule has 3 saturated heterocycles. The molecule has 1 aromatic carbocycles. The van der Waals surface area contributed by atoms with E-state index >= 15 is 0 Å². The second-order valence-corrected chi connectivity index (χ2v) is 9.71. The molecule has 3 heterocycles. The predicted octanol–water partition coefficient (Wildman–Crippen LogP) is 1.81. The van der Waals surface area contributed by atoms with Crippen LogP contribution in [0.15, 0.2) is 24.3 Å². The number of hydrogen-bond donors (Lipinski definition) is 3. The molecule has 32 heavy (non-hydrogen) atoms. The van der Waals surface area contributed by atoms with Crippen molar-refractivity contribution in [2.45, 2.75) is 50.4 Å². The first-order valence-corrected chi connectivity index (χ1v) is 11.5. The number of amides is 3. The number of ether oxygens (including phenoxy) is 1. The Morgan fingerprint density at radius 2 is 1.94 bits per heavy atom. The van der Waals surface area contributed by atoms with Crippen molar-refractivity contribution in [2.75, 3.05) is 25.5 Å². The van der Waals surface area contributed by atoms with Gasteiger partial charge in [-0.05, 0) is 56.4 Å². The van der Waals surface area contributed by atoms with Gasteiger partial charge in [0.2, 0.25) is 17.7 Å². The molecular formula is C23H30ClN3O5. The van der Waals surface area contributed by atoms with Crippen LogP contribution in [0.1, 0.15) is 33.1 Å². The Bertz CT molecular complexity index is 925. The van der Waals surface area contributed by atoms with Gasteiger partial charge in [-0.3, -0.25) is 14.4 Å². The molecule has 0 radical (unpaired) electrons. The Hall–Kier alpha value is -2.16. The first-order valence-electron chi connectivity index (χ1n) is 11.1. The topological polar surface area (TPSA) is 108 Å². The highest BCUT2D eigenvalue weighted by Crippen LogP contribution is 2.65. The van der Waals surface area contributed by atoms with Crippen LogP contribution in [0.25, 0.3) is 0 Å². The van der Waals surface area contributed by atoms with Gasteiger partial charge >= 0.3 is 0 Å². The van der Waals surface area contributed by atoms with Gasteiger partial charge in [0.15, 0.2) is 0 Å². The molecule has 3 aliphatic rings. The molecule has 8 nitrogen and oxygen atoms in total. The van der Waals surface area contributed by atoms with Gasteiger partial charge in [-0.2, -0.15) is 0 Å². The van der Waals surface area contributed by atoms with Crippen LogP contribution >= 0.6 is 11.6 Å². The van der Waals surface area contributed by atoms with Crippen LogP contribution in [-0.4, -0.2) is 65.2 Å². The first-order chi connectivity index (χ1) is 15.2. The molecule has 4 rings (SSSR count). The summed E-state index contributed by atoms with van der Waals surface area (Å²) >= 11 is 5.96. The highest BCUT2D eigenvalue weighted by molar-refractivity contribution is 6.30. The number of hydrogen-bond acceptors (Lipinski definition) is 5. The van der Waals surface area contributed by atoms with Crippen molar-refractivity contribution in [3.63, 3.8) is 0 Å². The van der Waals surface area contributed by atoms with E-state index in [1.54, 1.807) is 36.2 Å². The summed E-state index contributed by atoms with van der Waals surface area (Å²) < 4.78 is 6.56. The average molecular weight is 464 g/mol. The summed E-state index contributed by atoms with van der Waals surface area (Å²) in [7, 11) is 1.55. The number of halogens is 1. The average Bonchev–Trinajstić information content (AvgIpc) is 3.26. The molecule has 3 N–H and O–H groups in total. The molecule has 2 bridgehead atoms. The Morgan fingerprint density at radius 1 is 1.25 bits per heavy atom. The molecule has 3 aliphatic heterocycles. The van der Waals surface area contributed by atoms with Crippen molar-refractivity contribution in [3.8, 4) is 0 Å². The second kappa shape index (κ2) is 8.32. The van der Waals surface area contributed by atoms with E-state index in [2.05, 4.69) is 10.6 Å². The molecular weight excluding hydrogens is 434 g/mol. The highest BCUT2D eigenvalue weighted by atomic mass is 35.5. The van der Waals surface area contributed by atoms with Gasteiger partial charge in [0.05, 0.1) is 17.4 Å². The minimum Gasteiger partial charge on any atom is -0.396 e. The first kappa shape index (κ1) is 23.0. The van der Waals surface area contributed by atoms with Crippen molar-refractivity contribution in [2.24, 2.45) is 17.8 Å². The summed E-state index contributed by atoms with van der Waals surface area (Å²) in [4.78, 5) is 41.7. The lowest BCUT2D eigenvalue weighted by molar-refractivity contribution is -0.146. The number of likely N-dealkylation sites (tertiary alicyclic amines) is 1. The number of unbranched alkanes of at least 4 members (excludes halogenated alkanes) is 1. The number of anilines is 1. The molecule has 0 aliphatic carbocycles. The quantitative estimate of drug-likeness (QED) is 0.534. The van der Waals surface area contributed by atoms with E-state index in [-0.39, 0.29) is 30.2 Å². The van der Waals surface area contributed by atoms with E-state index in [9.17, 15) is 19.5 Å². The van der Waals surface area contributed by atoms with Crippen molar-refractivity contribution >= 4 is 35.0 Å². The molecule has 6 atom stereocenters. The van der Waals surface area contributed by atoms with Crippen molar-refractivity contribution in [1.29, 1.82) is 0 Å². The number of carbonyl (C=O) groups is 3. The smallest absolute Gasteiger partial charge is 0.250 e. The van der Waals surface area contributed by atoms with Crippen molar-refractivity contribution < 1.29 is 24.2 Å². The summed E-state index contributed by atoms with van der Waals surface area (Å²) in [6, 6.07) is 5.89. The van der Waals surface area contributed by atoms with Gasteiger partial charge in [-0.25, -0.2) is 0 Å². The third kappa shape index (κ3) is 3.31. The number of benzene rings is 1. The molecule has 3 unspecified atom stereocenters. The SMILES string of the molecule is CNC(=O)[C@H]1[C@H]2C(=O)N(CCCCO)C(C(=O)Nc3ccc(Cl)cc3)C23CC(C)[C@]1(C)O3. The number of nitrogens with one attached hydrogen (secondary N) is 2. The van der Waals surface area contributed by atoms with Crippen LogP contribution in [0, 0.1) is 17.8 Å². The number of fused-ring (bicyclic) bond motifs is 1. The van der Waals surface area contributed by atoms with Crippen molar-refractivity contribution in [1.82, 2.24) is 10.2 Å². The predicted molar refractivity (Wildman–Crippen MR) is 119 cm³/mol. The third-order valence-corrected chi connectivity index (χ3v) is 7.76. The standard InChI is InChI=1S/C23H30ClN3O5/c1-13-12-23-17(16(19(29)25-3)22(13,2)32-23)21(31)27(10-4-5-11-28)18(23)20(30)26-15-8-6-14(24)7-9-15/h6-9,13,16-18,28H,4-5,10-12H2,1-3H3,(H,25,29)(H,26,30)/t13?,16-,17+,18?,22+,23?/m1/s1. The summed E-state index contributed by atoms with van der Waals surface area (Å²) in [5.74, 6) is -2.22. The molecule has 3 amide bonds. The number of rotatable bonds is 7. The Kier molecular flexibility index (Phi) is 5.98. The number of aliphatic hydroxyl groups excluding tert-OH is 1. The summed E-state index contributed by atoms with van der Waals surface area (Å²) in [5.41, 5.74) is -1.33. The molecule has 174 valence electrons. The van der Waals surface area contributed by atoms with Crippen LogP contribution < -0.4 is 10.6 Å². The number of nitrogens with zero attached hydrogens (tertiary/aromatic N) is 1. The van der Waals surface area contributed by atoms with Crippen LogP contribution in [0.3, 0.4) is 0 Å². The van der Waals surface area contributed by atoms with E-state index < -0.39 is 29.1 Å². The Balaban J connectivity index is 1.73. The van der Waals surface area contributed by atoms with Crippen molar-refractivity contribution in [3.05, 3.63) is 29.3 Å². The third-order valence-electron chi connectivity index (χ3n) is 7.51. The highest BCUT2D eigenvalue weighted by Gasteiger charge is 2.79. The maximum Gasteiger partial charge on any atom is 0.250 e. The molecule has 0 aromatic heterocycles. The Labute approximate surface area is 192 Å². The number of carbonyl (C=O) groups excluding carboxylic acids is 3. The summed E-state index contributed by atoms with van der Waals surface area (Å²) in [6.07, 6.45) is 1.58. The minimum atomic E-state index is -1.07. The van der Waals surface area contributed by atoms with Gasteiger partial charge < -0.3 is 25.4 Å². The normalized spacial score (nSPS) is 35.2. The molecule has 1 aromatic rings. The van der Waals surface area contributed by atoms with E-state index in [1.807, 2.05) is 13.8 Å². The lowest BCUT2D eigenvalue weighted by Gasteiger charge is -2.36. The lowest BCUT2D eigenvalue weighted by Crippen LogP contribution is -2.54. The second-order valence-electron chi connectivity index (χ2n) is 9.28. The summed E-state index contributed by atoms with van der Waals surface area (Å²) in [6.45, 7) is 4.20. The van der Waals surface area contributed by atoms with Gasteiger partial charge in [-0.1, -0.05) is 18.5 Å². The zero-order chi connectivity index (χ0) is 23.3. The maximum atomic E-state index is 13.7. The van der Waals surface area contributed by atoms with Gasteiger partial charge in [-0.15, -0.1) is 0 Å². The summed E-state index contributed by atoms with van der Waals surface area (Å²) in [5, 5.41) is 15.4. The van der Waals surface area contributed by atoms with E-state index in [0.717, 1.165) is 0 Å². The molecule has 3 fully saturated rings. The fraction of sp³-hybridized carbons (Fsp3) is 0.609. The Morgan fingerprint density at radius 3 is 2.56 bits per heavy atom. The fourth-order valence-corrected chi connectivity index (χ4v) is 6.10. The largest absolute Gasteiger partial charge is 0.396 e. The lowest BCUT2D eigenvalue weighted by atomic mass is 9.62. The van der Waals surface area contributed by atoms with Gasteiger partial charge in [0.1, 0.15) is 11.6 Å². The zero-order valence-electron chi connectivity index (χ0n) is 18.6. The van der Waals surface area contributed by atoms with Crippen LogP contribution in [-0.2, 0) is 19.1 Å². The molecule has 9 heteroatoms. The van der Waals surface area contributed by atoms with Crippen LogP contribution in [0.4, 0.5) is 5.69 Å². The fourth-order valence-electron chi connectivity index (χ4n) is 5.97. The van der Waals surface area contributed by atoms with Crippen LogP contribution in [0.2, 0.25) is 5.02 Å². The number of aliphatic hydroxyl groups is 1. The van der Waals surface area contributed by atoms with E-state index in [4.69, 9.17) is 16.3 Å². The van der Waals surface area contributed by atoms with Crippen LogP contribution in [0.5, 0.6) is 0 Å². The van der Waals surface area contributed by atoms with Gasteiger partial charge in [0.25, 0.3) is 0 Å². The van der Waals surface area contributed by atoms with E-state index in [0.29, 0.717) is 36.5 Å². The maximum absolute atomic E-state index is 13.7. The monoisotopic (exact) mass is 463 g/mol. The van der Waals surface area contributed by atoms with Gasteiger partial charge in [0, 0.05) is 30.9 Å². The van der Waals surface area contributed by atoms with E-state index in [1.165, 1.54) is 0 Å². The molecule has 1 spiro atoms. The zero-order valence-corrected chi connectivity index (χ0v) is 19.3.